The average Bonchev–Trinajstić information content (AvgIpc) is 1.87. The van der Waals surface area contributed by atoms with E-state index < -0.39 is 0 Å². The van der Waals surface area contributed by atoms with Gasteiger partial charge < -0.3 is 0 Å². The lowest BCUT2D eigenvalue weighted by Gasteiger charge is -2.01. The van der Waals surface area contributed by atoms with Crippen LogP contribution in [0.5, 0.6) is 0 Å². The second kappa shape index (κ2) is 7.33. The van der Waals surface area contributed by atoms with Gasteiger partial charge in [0.15, 0.2) is 0 Å². The lowest BCUT2D eigenvalue weighted by molar-refractivity contribution is -0.549. The van der Waals surface area contributed by atoms with Crippen molar-refractivity contribution in [1.82, 2.24) is 0 Å². The van der Waals surface area contributed by atoms with Crippen molar-refractivity contribution in [2.75, 3.05) is 6.54 Å². The lowest BCUT2D eigenvalue weighted by atomic mass is 10.4. The first kappa shape index (κ1) is 14.2. The van der Waals surface area contributed by atoms with Crippen LogP contribution in [0.1, 0.15) is 34.6 Å². The fourth-order valence-electron chi connectivity index (χ4n) is 0.741. The van der Waals surface area contributed by atoms with Crippen molar-refractivity contribution in [3.63, 3.8) is 0 Å². The van der Waals surface area contributed by atoms with Crippen LogP contribution in [-0.2, 0) is 0 Å². The molecule has 0 rings (SSSR count). The van der Waals surface area contributed by atoms with Crippen LogP contribution in [0.25, 0.3) is 0 Å². The summed E-state index contributed by atoms with van der Waals surface area (Å²) >= 11 is 0. The minimum atomic E-state index is 0. The zero-order valence-corrected chi connectivity index (χ0v) is 9.48. The minimum absolute atomic E-state index is 0. The zero-order chi connectivity index (χ0) is 8.85. The summed E-state index contributed by atoms with van der Waals surface area (Å²) in [7, 11) is 0. The van der Waals surface area contributed by atoms with Gasteiger partial charge in [0.25, 0.3) is 0 Å². The molecule has 0 heterocycles. The van der Waals surface area contributed by atoms with E-state index in [-0.39, 0.29) is 12.4 Å². The van der Waals surface area contributed by atoms with Crippen LogP contribution in [0, 0.1) is 0 Å². The lowest BCUT2D eigenvalue weighted by Crippen LogP contribution is -2.19. The van der Waals surface area contributed by atoms with E-state index in [1.165, 1.54) is 0 Å². The Balaban J connectivity index is 0. The zero-order valence-electron chi connectivity index (χ0n) is 8.66. The van der Waals surface area contributed by atoms with E-state index in [4.69, 9.17) is 0 Å². The van der Waals surface area contributed by atoms with Crippen molar-refractivity contribution in [1.29, 1.82) is 0 Å². The third-order valence-electron chi connectivity index (χ3n) is 1.41. The summed E-state index contributed by atoms with van der Waals surface area (Å²) in [5, 5.41) is 0. The molecule has 0 aromatic rings. The van der Waals surface area contributed by atoms with Crippen molar-refractivity contribution in [3.05, 3.63) is 0 Å². The molecule has 0 aliphatic carbocycles. The van der Waals surface area contributed by atoms with Crippen molar-refractivity contribution >= 4 is 18.4 Å². The predicted molar refractivity (Wildman–Crippen MR) is 55.8 cm³/mol. The molecule has 0 N–H and O–H groups in total. The van der Waals surface area contributed by atoms with Crippen LogP contribution in [0.2, 0.25) is 0 Å². The molecule has 2 nitrogen and oxygen atoms in total. The average molecular weight is 192 g/mol. The highest BCUT2D eigenvalue weighted by Crippen LogP contribution is 1.86. The maximum atomic E-state index is 4.19. The minimum Gasteiger partial charge on any atom is -0.218 e. The number of rotatable bonds is 3. The Morgan fingerprint density at radius 1 is 1.25 bits per heavy atom. The van der Waals surface area contributed by atoms with E-state index in [0.717, 1.165) is 6.54 Å². The Labute approximate surface area is 81.8 Å². The quantitative estimate of drug-likeness (QED) is 0.481. The largest absolute Gasteiger partial charge is 0.306 e. The Bertz CT molecular complexity index is 167. The molecule has 0 aliphatic heterocycles. The first-order valence-electron chi connectivity index (χ1n) is 4.30. The maximum absolute atomic E-state index is 4.19. The second-order valence-electron chi connectivity index (χ2n) is 3.20. The Hall–Kier alpha value is -0.330. The maximum Gasteiger partial charge on any atom is 0.306 e. The van der Waals surface area contributed by atoms with Crippen LogP contribution in [-0.4, -0.2) is 29.2 Å². The van der Waals surface area contributed by atoms with Gasteiger partial charge in [-0.05, 0) is 39.6 Å². The van der Waals surface area contributed by atoms with E-state index in [9.17, 15) is 0 Å². The topological polar surface area (TPSA) is 15.4 Å². The van der Waals surface area contributed by atoms with Gasteiger partial charge in [-0.2, -0.15) is 0 Å². The first-order chi connectivity index (χ1) is 5.07. The van der Waals surface area contributed by atoms with Crippen molar-refractivity contribution in [3.8, 4) is 0 Å². The number of halogens is 1. The van der Waals surface area contributed by atoms with E-state index in [1.54, 1.807) is 0 Å². The highest BCUT2D eigenvalue weighted by Gasteiger charge is 2.01. The molecule has 0 fully saturated rings. The molecule has 0 aromatic carbocycles. The van der Waals surface area contributed by atoms with Gasteiger partial charge in [-0.3, -0.25) is 0 Å². The summed E-state index contributed by atoms with van der Waals surface area (Å²) in [5.74, 6) is 0. The smallest absolute Gasteiger partial charge is 0.218 e. The van der Waals surface area contributed by atoms with Crippen molar-refractivity contribution in [2.24, 2.45) is 4.99 Å². The number of hydrogen-bond acceptors (Lipinski definition) is 1. The van der Waals surface area contributed by atoms with Gasteiger partial charge in [0, 0.05) is 0 Å². The Morgan fingerprint density at radius 3 is 2.00 bits per heavy atom. The SMILES string of the molecule is CC[N+](=C=NC(C)C)C(C)C.Cl. The van der Waals surface area contributed by atoms with E-state index in [2.05, 4.69) is 50.2 Å². The van der Waals surface area contributed by atoms with Crippen LogP contribution in [0.4, 0.5) is 0 Å². The molecule has 0 aromatic heterocycles. The van der Waals surface area contributed by atoms with Gasteiger partial charge in [0.2, 0.25) is 0 Å². The summed E-state index contributed by atoms with van der Waals surface area (Å²) in [6.07, 6.45) is 0. The standard InChI is InChI=1S/C9H19N2.ClH/c1-6-11(9(4)5)7-10-8(2)3;/h8-9H,6H2,1-5H3;1H/q+1;. The molecule has 12 heavy (non-hydrogen) atoms. The van der Waals surface area contributed by atoms with Crippen LogP contribution in [0.15, 0.2) is 4.99 Å². The molecule has 0 amide bonds. The van der Waals surface area contributed by atoms with Crippen LogP contribution in [0.3, 0.4) is 0 Å². The van der Waals surface area contributed by atoms with Gasteiger partial charge in [-0.25, -0.2) is 4.58 Å². The Morgan fingerprint density at radius 2 is 1.75 bits per heavy atom. The molecule has 0 saturated heterocycles. The van der Waals surface area contributed by atoms with Gasteiger partial charge in [-0.15, -0.1) is 12.4 Å². The van der Waals surface area contributed by atoms with Gasteiger partial charge in [0.1, 0.15) is 6.04 Å². The molecule has 0 spiro atoms. The second-order valence-corrected chi connectivity index (χ2v) is 3.20. The van der Waals surface area contributed by atoms with Crippen molar-refractivity contribution in [2.45, 2.75) is 46.7 Å². The highest BCUT2D eigenvalue weighted by atomic mass is 35.5. The monoisotopic (exact) mass is 191 g/mol. The normalized spacial score (nSPS) is 9.25. The molecule has 0 saturated carbocycles. The third kappa shape index (κ3) is 6.38. The predicted octanol–water partition coefficient (Wildman–Crippen LogP) is 2.43. The number of hydrogen-bond donors (Lipinski definition) is 0. The highest BCUT2D eigenvalue weighted by molar-refractivity contribution is 5.85. The molecule has 72 valence electrons. The molecular weight excluding hydrogens is 172 g/mol. The molecule has 0 bridgehead atoms. The Kier molecular flexibility index (Phi) is 8.67. The third-order valence-corrected chi connectivity index (χ3v) is 1.41. The van der Waals surface area contributed by atoms with Gasteiger partial charge in [0.05, 0.1) is 12.6 Å². The van der Waals surface area contributed by atoms with Crippen LogP contribution < -0.4 is 0 Å². The number of aliphatic imine (C=N–C) groups is 1. The van der Waals surface area contributed by atoms with Gasteiger partial charge in [-0.1, -0.05) is 0 Å². The summed E-state index contributed by atoms with van der Waals surface area (Å²) in [6.45, 7) is 11.5. The summed E-state index contributed by atoms with van der Waals surface area (Å²) in [5.41, 5.74) is 0. The molecule has 0 aliphatic rings. The fourth-order valence-corrected chi connectivity index (χ4v) is 0.741. The van der Waals surface area contributed by atoms with E-state index in [0.29, 0.717) is 12.1 Å². The van der Waals surface area contributed by atoms with Gasteiger partial charge >= 0.3 is 6.01 Å². The first-order valence-corrected chi connectivity index (χ1v) is 4.30. The molecular formula is C9H20ClN2+. The molecule has 3 heteroatoms. The summed E-state index contributed by atoms with van der Waals surface area (Å²) < 4.78 is 2.10. The summed E-state index contributed by atoms with van der Waals surface area (Å²) in [4.78, 5) is 4.19. The van der Waals surface area contributed by atoms with Crippen LogP contribution >= 0.6 is 12.4 Å². The number of nitrogens with zero attached hydrogens (tertiary/aromatic N) is 2. The van der Waals surface area contributed by atoms with Crippen molar-refractivity contribution < 1.29 is 4.58 Å². The molecule has 0 radical (unpaired) electrons. The summed E-state index contributed by atoms with van der Waals surface area (Å²) in [6, 6.07) is 3.88. The molecule has 0 unspecified atom stereocenters. The molecule has 0 atom stereocenters. The van der Waals surface area contributed by atoms with E-state index in [1.807, 2.05) is 0 Å². The fraction of sp³-hybridized carbons (Fsp3) is 0.889. The van der Waals surface area contributed by atoms with E-state index >= 15 is 0 Å².